The first-order valence-electron chi connectivity index (χ1n) is 7.32. The molecule has 1 amide bonds. The summed E-state index contributed by atoms with van der Waals surface area (Å²) in [6, 6.07) is 9.00. The topological polar surface area (TPSA) is 69.7 Å². The summed E-state index contributed by atoms with van der Waals surface area (Å²) in [4.78, 5) is 16.0. The Morgan fingerprint density at radius 1 is 1.08 bits per heavy atom. The predicted octanol–water partition coefficient (Wildman–Crippen LogP) is 2.44. The molecule has 2 aromatic rings. The minimum atomic E-state index is -0.201. The van der Waals surface area contributed by atoms with E-state index in [9.17, 15) is 4.79 Å². The Morgan fingerprint density at radius 2 is 1.79 bits per heavy atom. The van der Waals surface area contributed by atoms with Crippen LogP contribution in [0.3, 0.4) is 0 Å². The minimum Gasteiger partial charge on any atom is -0.497 e. The van der Waals surface area contributed by atoms with Crippen molar-refractivity contribution in [3.63, 3.8) is 0 Å². The average molecular weight is 328 g/mol. The lowest BCUT2D eigenvalue weighted by Gasteiger charge is -2.06. The SMILES string of the molecule is COc1cc(C=CC(=O)NCc2ccnc(OC)c2)cc(OC)c1. The van der Waals surface area contributed by atoms with Crippen molar-refractivity contribution < 1.29 is 19.0 Å². The van der Waals surface area contributed by atoms with E-state index in [1.807, 2.05) is 18.2 Å². The fourth-order valence-corrected chi connectivity index (χ4v) is 2.02. The number of aromatic nitrogens is 1. The smallest absolute Gasteiger partial charge is 0.244 e. The Bertz CT molecular complexity index is 706. The van der Waals surface area contributed by atoms with E-state index in [1.165, 1.54) is 6.08 Å². The zero-order valence-electron chi connectivity index (χ0n) is 13.9. The summed E-state index contributed by atoms with van der Waals surface area (Å²) in [5.74, 6) is 1.64. The number of hydrogen-bond donors (Lipinski definition) is 1. The fraction of sp³-hybridized carbons (Fsp3) is 0.222. The number of ether oxygens (including phenoxy) is 3. The first kappa shape index (κ1) is 17.3. The van der Waals surface area contributed by atoms with Crippen molar-refractivity contribution in [1.29, 1.82) is 0 Å². The van der Waals surface area contributed by atoms with E-state index < -0.39 is 0 Å². The van der Waals surface area contributed by atoms with Gasteiger partial charge < -0.3 is 19.5 Å². The molecule has 0 saturated heterocycles. The molecule has 1 aromatic heterocycles. The van der Waals surface area contributed by atoms with Crippen molar-refractivity contribution in [2.45, 2.75) is 6.54 Å². The van der Waals surface area contributed by atoms with Crippen LogP contribution in [0.1, 0.15) is 11.1 Å². The van der Waals surface area contributed by atoms with Gasteiger partial charge in [0.15, 0.2) is 0 Å². The van der Waals surface area contributed by atoms with Crippen molar-refractivity contribution in [1.82, 2.24) is 10.3 Å². The second kappa shape index (κ2) is 8.57. The molecule has 1 N–H and O–H groups in total. The van der Waals surface area contributed by atoms with Gasteiger partial charge in [0.2, 0.25) is 11.8 Å². The van der Waals surface area contributed by atoms with Crippen LogP contribution in [-0.4, -0.2) is 32.2 Å². The largest absolute Gasteiger partial charge is 0.497 e. The van der Waals surface area contributed by atoms with Crippen molar-refractivity contribution in [3.8, 4) is 17.4 Å². The Balaban J connectivity index is 1.97. The standard InChI is InChI=1S/C18H20N2O4/c1-22-15-8-13(9-16(11-15)23-2)4-5-17(21)20-12-14-6-7-19-18(10-14)24-3/h4-11H,12H2,1-3H3,(H,20,21). The van der Waals surface area contributed by atoms with E-state index >= 15 is 0 Å². The van der Waals surface area contributed by atoms with Gasteiger partial charge in [-0.25, -0.2) is 4.98 Å². The monoisotopic (exact) mass is 328 g/mol. The van der Waals surface area contributed by atoms with Gasteiger partial charge >= 0.3 is 0 Å². The van der Waals surface area contributed by atoms with Gasteiger partial charge in [0.05, 0.1) is 21.3 Å². The van der Waals surface area contributed by atoms with Crippen LogP contribution in [0.2, 0.25) is 0 Å². The van der Waals surface area contributed by atoms with Gasteiger partial charge in [-0.1, -0.05) is 0 Å². The first-order chi connectivity index (χ1) is 11.6. The molecule has 0 aliphatic rings. The lowest BCUT2D eigenvalue weighted by Crippen LogP contribution is -2.20. The van der Waals surface area contributed by atoms with Crippen LogP contribution in [-0.2, 0) is 11.3 Å². The molecule has 1 heterocycles. The molecule has 1 aromatic carbocycles. The van der Waals surface area contributed by atoms with Gasteiger partial charge in [-0.3, -0.25) is 4.79 Å². The molecule has 0 atom stereocenters. The molecule has 0 radical (unpaired) electrons. The highest BCUT2D eigenvalue weighted by Crippen LogP contribution is 2.23. The van der Waals surface area contributed by atoms with Crippen LogP contribution in [0.4, 0.5) is 0 Å². The van der Waals surface area contributed by atoms with E-state index in [4.69, 9.17) is 14.2 Å². The maximum Gasteiger partial charge on any atom is 0.244 e. The summed E-state index contributed by atoms with van der Waals surface area (Å²) in [7, 11) is 4.71. The molecular formula is C18H20N2O4. The summed E-state index contributed by atoms with van der Waals surface area (Å²) >= 11 is 0. The van der Waals surface area contributed by atoms with Crippen LogP contribution in [0.25, 0.3) is 6.08 Å². The summed E-state index contributed by atoms with van der Waals surface area (Å²) in [6.07, 6.45) is 4.80. The molecule has 0 spiro atoms. The molecule has 0 saturated carbocycles. The van der Waals surface area contributed by atoms with E-state index in [0.29, 0.717) is 23.9 Å². The number of carbonyl (C=O) groups is 1. The van der Waals surface area contributed by atoms with Gasteiger partial charge in [-0.05, 0) is 35.4 Å². The van der Waals surface area contributed by atoms with Crippen LogP contribution in [0, 0.1) is 0 Å². The quantitative estimate of drug-likeness (QED) is 0.791. The van der Waals surface area contributed by atoms with Gasteiger partial charge in [0.25, 0.3) is 0 Å². The number of nitrogens with zero attached hydrogens (tertiary/aromatic N) is 1. The Labute approximate surface area is 141 Å². The summed E-state index contributed by atoms with van der Waals surface area (Å²) in [6.45, 7) is 0.392. The second-order valence-electron chi connectivity index (χ2n) is 4.90. The minimum absolute atomic E-state index is 0.201. The van der Waals surface area contributed by atoms with E-state index in [0.717, 1.165) is 11.1 Å². The molecule has 6 heteroatoms. The number of amides is 1. The average Bonchev–Trinajstić information content (AvgIpc) is 2.64. The van der Waals surface area contributed by atoms with Crippen LogP contribution in [0.5, 0.6) is 17.4 Å². The lowest BCUT2D eigenvalue weighted by molar-refractivity contribution is -0.116. The fourth-order valence-electron chi connectivity index (χ4n) is 2.02. The summed E-state index contributed by atoms with van der Waals surface area (Å²) < 4.78 is 15.4. The van der Waals surface area contributed by atoms with Gasteiger partial charge in [-0.2, -0.15) is 0 Å². The predicted molar refractivity (Wildman–Crippen MR) is 91.2 cm³/mol. The van der Waals surface area contributed by atoms with E-state index in [-0.39, 0.29) is 5.91 Å². The normalized spacial score (nSPS) is 10.5. The maximum atomic E-state index is 11.9. The Kier molecular flexibility index (Phi) is 6.19. The van der Waals surface area contributed by atoms with E-state index in [1.54, 1.807) is 45.7 Å². The van der Waals surface area contributed by atoms with Crippen LogP contribution < -0.4 is 19.5 Å². The maximum absolute atomic E-state index is 11.9. The molecule has 6 nitrogen and oxygen atoms in total. The third-order valence-electron chi connectivity index (χ3n) is 3.28. The van der Waals surface area contributed by atoms with Crippen molar-refractivity contribution in [3.05, 3.63) is 53.7 Å². The first-order valence-corrected chi connectivity index (χ1v) is 7.32. The molecule has 24 heavy (non-hydrogen) atoms. The molecule has 0 aliphatic heterocycles. The number of carbonyl (C=O) groups excluding carboxylic acids is 1. The molecule has 0 bridgehead atoms. The summed E-state index contributed by atoms with van der Waals surface area (Å²) in [5, 5.41) is 2.81. The third-order valence-corrected chi connectivity index (χ3v) is 3.28. The molecule has 0 unspecified atom stereocenters. The molecule has 0 fully saturated rings. The molecule has 0 aliphatic carbocycles. The number of nitrogens with one attached hydrogen (secondary N) is 1. The zero-order chi connectivity index (χ0) is 17.4. The highest BCUT2D eigenvalue weighted by atomic mass is 16.5. The van der Waals surface area contributed by atoms with Gasteiger partial charge in [0, 0.05) is 31.0 Å². The third kappa shape index (κ3) is 5.01. The van der Waals surface area contributed by atoms with Gasteiger partial charge in [0.1, 0.15) is 11.5 Å². The van der Waals surface area contributed by atoms with E-state index in [2.05, 4.69) is 10.3 Å². The Hall–Kier alpha value is -3.02. The molecular weight excluding hydrogens is 308 g/mol. The van der Waals surface area contributed by atoms with Gasteiger partial charge in [-0.15, -0.1) is 0 Å². The summed E-state index contributed by atoms with van der Waals surface area (Å²) in [5.41, 5.74) is 1.72. The molecule has 2 rings (SSSR count). The number of methoxy groups -OCH3 is 3. The van der Waals surface area contributed by atoms with Crippen LogP contribution in [0.15, 0.2) is 42.6 Å². The highest BCUT2D eigenvalue weighted by Gasteiger charge is 2.02. The van der Waals surface area contributed by atoms with Crippen molar-refractivity contribution in [2.75, 3.05) is 21.3 Å². The number of benzene rings is 1. The second-order valence-corrected chi connectivity index (χ2v) is 4.90. The van der Waals surface area contributed by atoms with Crippen LogP contribution >= 0.6 is 0 Å². The van der Waals surface area contributed by atoms with Crippen molar-refractivity contribution in [2.24, 2.45) is 0 Å². The van der Waals surface area contributed by atoms with Crippen molar-refractivity contribution >= 4 is 12.0 Å². The number of pyridine rings is 1. The molecule has 126 valence electrons. The Morgan fingerprint density at radius 3 is 2.42 bits per heavy atom. The zero-order valence-corrected chi connectivity index (χ0v) is 13.9. The lowest BCUT2D eigenvalue weighted by atomic mass is 10.2. The number of rotatable bonds is 7. The number of hydrogen-bond acceptors (Lipinski definition) is 5. The highest BCUT2D eigenvalue weighted by molar-refractivity contribution is 5.91.